The lowest BCUT2D eigenvalue weighted by Crippen LogP contribution is -2.38. The molecule has 0 fully saturated rings. The molecular weight excluding hydrogens is 250 g/mol. The van der Waals surface area contributed by atoms with E-state index in [0.717, 1.165) is 5.56 Å². The number of rotatable bonds is 7. The maximum atomic E-state index is 9.62. The first kappa shape index (κ1) is 14.7. The second-order valence-corrected chi connectivity index (χ2v) is 4.72. The van der Waals surface area contributed by atoms with Gasteiger partial charge in [-0.25, -0.2) is 0 Å². The maximum Gasteiger partial charge on any atom is 0.0996 e. The molecule has 0 aliphatic heterocycles. The van der Waals surface area contributed by atoms with Gasteiger partial charge in [-0.05, 0) is 11.1 Å². The molecule has 2 aromatic carbocycles. The number of ether oxygens (including phenoxy) is 1. The van der Waals surface area contributed by atoms with Crippen LogP contribution in [0, 0.1) is 0 Å². The Kier molecular flexibility index (Phi) is 5.74. The molecule has 0 bridgehead atoms. The molecule has 3 heteroatoms. The van der Waals surface area contributed by atoms with E-state index < -0.39 is 0 Å². The van der Waals surface area contributed by atoms with Crippen molar-refractivity contribution in [2.24, 2.45) is 0 Å². The average molecular weight is 271 g/mol. The standard InChI is InChI=1S/C17H21NO2/c1-20-17(15-10-6-3-7-11-15)16(13-19)18-12-14-8-4-2-5-9-14/h2-11,16-19H,12-13H2,1H3/t16-,17+/m1/s1. The summed E-state index contributed by atoms with van der Waals surface area (Å²) in [6.45, 7) is 0.735. The van der Waals surface area contributed by atoms with E-state index in [1.165, 1.54) is 5.56 Å². The SMILES string of the molecule is CO[C@@H](c1ccccc1)[C@@H](CO)NCc1ccccc1. The van der Waals surface area contributed by atoms with Crippen molar-refractivity contribution in [2.45, 2.75) is 18.7 Å². The molecule has 0 aliphatic rings. The van der Waals surface area contributed by atoms with Crippen LogP contribution in [0.25, 0.3) is 0 Å². The van der Waals surface area contributed by atoms with Crippen molar-refractivity contribution >= 4 is 0 Å². The Hall–Kier alpha value is -1.68. The van der Waals surface area contributed by atoms with Crippen molar-refractivity contribution < 1.29 is 9.84 Å². The van der Waals surface area contributed by atoms with Gasteiger partial charge in [-0.2, -0.15) is 0 Å². The van der Waals surface area contributed by atoms with Crippen LogP contribution in [0.1, 0.15) is 17.2 Å². The molecule has 0 unspecified atom stereocenters. The molecule has 0 aromatic heterocycles. The normalized spacial score (nSPS) is 13.9. The third kappa shape index (κ3) is 3.90. The summed E-state index contributed by atoms with van der Waals surface area (Å²) in [6, 6.07) is 20.0. The molecule has 2 atom stereocenters. The number of hydrogen-bond acceptors (Lipinski definition) is 3. The van der Waals surface area contributed by atoms with Crippen LogP contribution in [0.4, 0.5) is 0 Å². The van der Waals surface area contributed by atoms with Crippen molar-refractivity contribution in [1.29, 1.82) is 0 Å². The Bertz CT molecular complexity index is 487. The average Bonchev–Trinajstić information content (AvgIpc) is 2.53. The van der Waals surface area contributed by atoms with E-state index in [1.807, 2.05) is 48.5 Å². The zero-order valence-electron chi connectivity index (χ0n) is 11.7. The second-order valence-electron chi connectivity index (χ2n) is 4.72. The van der Waals surface area contributed by atoms with Crippen LogP contribution in [0.2, 0.25) is 0 Å². The van der Waals surface area contributed by atoms with Gasteiger partial charge in [0.15, 0.2) is 0 Å². The van der Waals surface area contributed by atoms with E-state index >= 15 is 0 Å². The number of nitrogens with one attached hydrogen (secondary N) is 1. The Morgan fingerprint density at radius 2 is 1.60 bits per heavy atom. The van der Waals surface area contributed by atoms with Gasteiger partial charge in [0, 0.05) is 13.7 Å². The third-order valence-electron chi connectivity index (χ3n) is 3.36. The van der Waals surface area contributed by atoms with Crippen LogP contribution in [0.3, 0.4) is 0 Å². The summed E-state index contributed by atoms with van der Waals surface area (Å²) in [5.74, 6) is 0. The number of aliphatic hydroxyl groups is 1. The van der Waals surface area contributed by atoms with Gasteiger partial charge in [-0.1, -0.05) is 60.7 Å². The minimum absolute atomic E-state index is 0.0280. The smallest absolute Gasteiger partial charge is 0.0996 e. The molecule has 3 nitrogen and oxygen atoms in total. The van der Waals surface area contributed by atoms with Crippen molar-refractivity contribution in [3.05, 3.63) is 71.8 Å². The molecule has 20 heavy (non-hydrogen) atoms. The van der Waals surface area contributed by atoms with E-state index in [2.05, 4.69) is 17.4 Å². The monoisotopic (exact) mass is 271 g/mol. The Labute approximate surface area is 120 Å². The predicted molar refractivity (Wildman–Crippen MR) is 80.3 cm³/mol. The summed E-state index contributed by atoms with van der Waals surface area (Å²) >= 11 is 0. The number of aliphatic hydroxyl groups excluding tert-OH is 1. The lowest BCUT2D eigenvalue weighted by molar-refractivity contribution is 0.0441. The third-order valence-corrected chi connectivity index (χ3v) is 3.36. The van der Waals surface area contributed by atoms with Crippen LogP contribution in [0.15, 0.2) is 60.7 Å². The van der Waals surface area contributed by atoms with Gasteiger partial charge in [-0.15, -0.1) is 0 Å². The second kappa shape index (κ2) is 7.80. The van der Waals surface area contributed by atoms with Gasteiger partial charge in [0.1, 0.15) is 0 Å². The van der Waals surface area contributed by atoms with Crippen LogP contribution in [0.5, 0.6) is 0 Å². The predicted octanol–water partition coefficient (Wildman–Crippen LogP) is 2.52. The molecule has 0 aliphatic carbocycles. The Morgan fingerprint density at radius 1 is 1.00 bits per heavy atom. The number of benzene rings is 2. The van der Waals surface area contributed by atoms with Crippen LogP contribution in [-0.2, 0) is 11.3 Å². The minimum Gasteiger partial charge on any atom is -0.395 e. The van der Waals surface area contributed by atoms with E-state index in [-0.39, 0.29) is 18.8 Å². The molecule has 2 aromatic rings. The zero-order valence-corrected chi connectivity index (χ0v) is 11.7. The minimum atomic E-state index is -0.162. The highest BCUT2D eigenvalue weighted by atomic mass is 16.5. The first-order valence-corrected chi connectivity index (χ1v) is 6.81. The van der Waals surface area contributed by atoms with E-state index in [0.29, 0.717) is 6.54 Å². The summed E-state index contributed by atoms with van der Waals surface area (Å²) in [7, 11) is 1.67. The highest BCUT2D eigenvalue weighted by Gasteiger charge is 2.21. The summed E-state index contributed by atoms with van der Waals surface area (Å²) in [6.07, 6.45) is -0.162. The van der Waals surface area contributed by atoms with E-state index in [1.54, 1.807) is 7.11 Å². The van der Waals surface area contributed by atoms with Gasteiger partial charge >= 0.3 is 0 Å². The maximum absolute atomic E-state index is 9.62. The number of hydrogen-bond donors (Lipinski definition) is 2. The molecular formula is C17H21NO2. The van der Waals surface area contributed by atoms with E-state index in [4.69, 9.17) is 4.74 Å². The van der Waals surface area contributed by atoms with Crippen LogP contribution < -0.4 is 5.32 Å². The van der Waals surface area contributed by atoms with Crippen molar-refractivity contribution in [1.82, 2.24) is 5.32 Å². The summed E-state index contributed by atoms with van der Waals surface area (Å²) < 4.78 is 5.56. The molecule has 0 spiro atoms. The van der Waals surface area contributed by atoms with Gasteiger partial charge in [0.05, 0.1) is 18.8 Å². The summed E-state index contributed by atoms with van der Waals surface area (Å²) in [5.41, 5.74) is 2.25. The van der Waals surface area contributed by atoms with Crippen LogP contribution in [-0.4, -0.2) is 24.9 Å². The molecule has 0 heterocycles. The van der Waals surface area contributed by atoms with Gasteiger partial charge in [-0.3, -0.25) is 0 Å². The molecule has 2 N–H and O–H groups in total. The largest absolute Gasteiger partial charge is 0.395 e. The topological polar surface area (TPSA) is 41.5 Å². The Morgan fingerprint density at radius 3 is 2.15 bits per heavy atom. The lowest BCUT2D eigenvalue weighted by atomic mass is 10.0. The fourth-order valence-electron chi connectivity index (χ4n) is 2.29. The first-order chi connectivity index (χ1) is 9.85. The molecule has 0 saturated heterocycles. The van der Waals surface area contributed by atoms with Gasteiger partial charge in [0.25, 0.3) is 0 Å². The fourth-order valence-corrected chi connectivity index (χ4v) is 2.29. The van der Waals surface area contributed by atoms with Crippen molar-refractivity contribution in [2.75, 3.05) is 13.7 Å². The first-order valence-electron chi connectivity index (χ1n) is 6.81. The molecule has 106 valence electrons. The molecule has 0 saturated carbocycles. The lowest BCUT2D eigenvalue weighted by Gasteiger charge is -2.26. The van der Waals surface area contributed by atoms with Crippen LogP contribution >= 0.6 is 0 Å². The Balaban J connectivity index is 2.03. The van der Waals surface area contributed by atoms with Crippen molar-refractivity contribution in [3.8, 4) is 0 Å². The highest BCUT2D eigenvalue weighted by molar-refractivity contribution is 5.20. The van der Waals surface area contributed by atoms with Gasteiger partial charge < -0.3 is 15.2 Å². The molecule has 2 rings (SSSR count). The number of methoxy groups -OCH3 is 1. The molecule has 0 amide bonds. The summed E-state index contributed by atoms with van der Waals surface area (Å²) in [5, 5.41) is 13.0. The molecule has 0 radical (unpaired) electrons. The van der Waals surface area contributed by atoms with E-state index in [9.17, 15) is 5.11 Å². The fraction of sp³-hybridized carbons (Fsp3) is 0.294. The van der Waals surface area contributed by atoms with Gasteiger partial charge in [0.2, 0.25) is 0 Å². The van der Waals surface area contributed by atoms with Crippen molar-refractivity contribution in [3.63, 3.8) is 0 Å². The quantitative estimate of drug-likeness (QED) is 0.813. The summed E-state index contributed by atoms with van der Waals surface area (Å²) in [4.78, 5) is 0. The highest BCUT2D eigenvalue weighted by Crippen LogP contribution is 2.20. The zero-order chi connectivity index (χ0) is 14.2.